The molecule has 2 saturated heterocycles. The maximum absolute atomic E-state index is 14.8. The van der Waals surface area contributed by atoms with E-state index in [0.717, 1.165) is 55.9 Å². The lowest BCUT2D eigenvalue weighted by Gasteiger charge is -2.31. The van der Waals surface area contributed by atoms with Gasteiger partial charge in [-0.3, -0.25) is 23.9 Å². The van der Waals surface area contributed by atoms with E-state index < -0.39 is 50.7 Å². The maximum Gasteiger partial charge on any atom is 0.259 e. The number of aromatic nitrogens is 1. The van der Waals surface area contributed by atoms with Crippen molar-refractivity contribution in [3.05, 3.63) is 54.6 Å². The molecule has 2 N–H and O–H groups in total. The van der Waals surface area contributed by atoms with Crippen LogP contribution in [0.3, 0.4) is 0 Å². The number of piperidine rings is 1. The standard InChI is InChI=1S/C44H57N5O8S/c1-4-5-6-9-16-31(23-40(50)48-21-12-8-13-22-48)42(52)49-28-33(25-38(49)41(51)46-44(27-29(44)2)43(53)47-58(54,55)34-18-19-34)57-39-26-36(30-14-10-7-11-15-30)45-37-24-32(56-3)17-20-35(37)39/h7,10-11,14-15,17,20,24,26,29,31,33-34,38H,4-6,8-9,12-13,16,18-19,21-23,25,27-28H2,1-3H3,(H,46,51)(H,47,53)/t29-,31+,33+,38-,44-/m0/s1. The number of likely N-dealkylation sites (tertiary alicyclic amines) is 2. The minimum Gasteiger partial charge on any atom is -0.497 e. The summed E-state index contributed by atoms with van der Waals surface area (Å²) >= 11 is 0. The molecule has 0 radical (unpaired) electrons. The number of nitrogens with one attached hydrogen (secondary N) is 2. The number of hydrogen-bond acceptors (Lipinski definition) is 9. The van der Waals surface area contributed by atoms with Gasteiger partial charge in [-0.2, -0.15) is 0 Å². The van der Waals surface area contributed by atoms with Crippen molar-refractivity contribution in [3.63, 3.8) is 0 Å². The maximum atomic E-state index is 14.8. The number of nitrogens with zero attached hydrogens (tertiary/aromatic N) is 3. The van der Waals surface area contributed by atoms with E-state index in [-0.39, 0.29) is 43.5 Å². The molecular formula is C44H57N5O8S. The van der Waals surface area contributed by atoms with E-state index >= 15 is 0 Å². The molecule has 14 heteroatoms. The zero-order chi connectivity index (χ0) is 41.0. The van der Waals surface area contributed by atoms with E-state index in [1.165, 1.54) is 4.90 Å². The number of amides is 4. The van der Waals surface area contributed by atoms with Crippen LogP contribution in [0.4, 0.5) is 0 Å². The van der Waals surface area contributed by atoms with Crippen molar-refractivity contribution in [1.29, 1.82) is 0 Å². The van der Waals surface area contributed by atoms with Gasteiger partial charge >= 0.3 is 0 Å². The number of ether oxygens (including phenoxy) is 2. The summed E-state index contributed by atoms with van der Waals surface area (Å²) in [7, 11) is -2.26. The molecule has 58 heavy (non-hydrogen) atoms. The second-order valence-corrected chi connectivity index (χ2v) is 18.6. The number of sulfonamides is 1. The van der Waals surface area contributed by atoms with Crippen LogP contribution in [-0.2, 0) is 29.2 Å². The molecule has 5 atom stereocenters. The van der Waals surface area contributed by atoms with Gasteiger partial charge in [-0.1, -0.05) is 69.9 Å². The zero-order valence-corrected chi connectivity index (χ0v) is 34.7. The van der Waals surface area contributed by atoms with Gasteiger partial charge in [-0.25, -0.2) is 13.4 Å². The highest BCUT2D eigenvalue weighted by Gasteiger charge is 2.61. The van der Waals surface area contributed by atoms with Crippen LogP contribution in [0.15, 0.2) is 54.6 Å². The van der Waals surface area contributed by atoms with Crippen LogP contribution in [0.5, 0.6) is 11.5 Å². The van der Waals surface area contributed by atoms with E-state index in [9.17, 15) is 27.6 Å². The van der Waals surface area contributed by atoms with Crippen molar-refractivity contribution in [2.75, 3.05) is 26.7 Å². The van der Waals surface area contributed by atoms with Crippen LogP contribution in [0, 0.1) is 11.8 Å². The van der Waals surface area contributed by atoms with Crippen molar-refractivity contribution >= 4 is 44.6 Å². The van der Waals surface area contributed by atoms with Crippen LogP contribution in [-0.4, -0.2) is 96.5 Å². The van der Waals surface area contributed by atoms with Crippen LogP contribution in [0.25, 0.3) is 22.2 Å². The van der Waals surface area contributed by atoms with Crippen LogP contribution < -0.4 is 19.5 Å². The number of unbranched alkanes of at least 4 members (excludes halogenated alkanes) is 3. The summed E-state index contributed by atoms with van der Waals surface area (Å²) in [5.74, 6) is -1.44. The number of methoxy groups -OCH3 is 1. The Labute approximate surface area is 341 Å². The van der Waals surface area contributed by atoms with Crippen molar-refractivity contribution < 1.29 is 37.1 Å². The Kier molecular flexibility index (Phi) is 12.6. The van der Waals surface area contributed by atoms with E-state index in [2.05, 4.69) is 17.0 Å². The number of benzene rings is 2. The molecule has 0 bridgehead atoms. The number of carbonyl (C=O) groups excluding carboxylic acids is 4. The van der Waals surface area contributed by atoms with E-state index in [0.29, 0.717) is 55.1 Å². The molecule has 7 rings (SSSR count). The topological polar surface area (TPSA) is 164 Å². The minimum absolute atomic E-state index is 0.0482. The Morgan fingerprint density at radius 1 is 0.983 bits per heavy atom. The van der Waals surface area contributed by atoms with Crippen LogP contribution >= 0.6 is 0 Å². The smallest absolute Gasteiger partial charge is 0.259 e. The number of rotatable bonds is 17. The summed E-state index contributed by atoms with van der Waals surface area (Å²) in [5, 5.41) is 3.04. The first kappa shape index (κ1) is 41.4. The van der Waals surface area contributed by atoms with Crippen LogP contribution in [0.2, 0.25) is 0 Å². The fourth-order valence-corrected chi connectivity index (χ4v) is 9.88. The number of carbonyl (C=O) groups is 4. The Hall–Kier alpha value is -4.72. The number of pyridine rings is 1. The average Bonchev–Trinajstić information content (AvgIpc) is 4.15. The molecule has 0 unspecified atom stereocenters. The SMILES string of the molecule is CCCCCC[C@H](CC(=O)N1CCCCC1)C(=O)N1C[C@H](Oc2cc(-c3ccccc3)nc3cc(OC)ccc23)C[C@H]1C(=O)N[C@@]1(C(=O)NS(=O)(=O)C2CC2)C[C@@H]1C. The van der Waals surface area contributed by atoms with Gasteiger partial charge in [0.2, 0.25) is 27.7 Å². The van der Waals surface area contributed by atoms with Crippen LogP contribution in [0.1, 0.15) is 97.3 Å². The highest BCUT2D eigenvalue weighted by atomic mass is 32.2. The lowest BCUT2D eigenvalue weighted by Crippen LogP contribution is -2.57. The van der Waals surface area contributed by atoms with Gasteiger partial charge in [0.25, 0.3) is 5.91 Å². The number of fused-ring (bicyclic) bond motifs is 1. The third kappa shape index (κ3) is 9.27. The van der Waals surface area contributed by atoms with Gasteiger partial charge in [0.05, 0.1) is 30.1 Å². The van der Waals surface area contributed by atoms with E-state index in [1.807, 2.05) is 59.5 Å². The molecule has 4 fully saturated rings. The monoisotopic (exact) mass is 815 g/mol. The summed E-state index contributed by atoms with van der Waals surface area (Å²) < 4.78 is 40.1. The molecule has 4 amide bonds. The Bertz CT molecular complexity index is 2100. The third-order valence-electron chi connectivity index (χ3n) is 12.3. The molecule has 312 valence electrons. The summed E-state index contributed by atoms with van der Waals surface area (Å²) in [6.45, 7) is 5.34. The molecule has 2 aromatic carbocycles. The van der Waals surface area contributed by atoms with Crippen molar-refractivity contribution in [2.24, 2.45) is 11.8 Å². The predicted molar refractivity (Wildman–Crippen MR) is 220 cm³/mol. The summed E-state index contributed by atoms with van der Waals surface area (Å²) in [6, 6.07) is 16.1. The van der Waals surface area contributed by atoms with E-state index in [4.69, 9.17) is 14.5 Å². The van der Waals surface area contributed by atoms with Crippen molar-refractivity contribution in [1.82, 2.24) is 24.8 Å². The second kappa shape index (κ2) is 17.6. The Morgan fingerprint density at radius 2 is 1.72 bits per heavy atom. The van der Waals surface area contributed by atoms with E-state index in [1.54, 1.807) is 14.0 Å². The fourth-order valence-electron chi connectivity index (χ4n) is 8.52. The van der Waals surface area contributed by atoms with Gasteiger partial charge in [0.1, 0.15) is 29.2 Å². The Morgan fingerprint density at radius 3 is 2.40 bits per heavy atom. The van der Waals surface area contributed by atoms with Gasteiger partial charge in [-0.15, -0.1) is 0 Å². The third-order valence-corrected chi connectivity index (χ3v) is 14.2. The fraction of sp³-hybridized carbons (Fsp3) is 0.568. The van der Waals surface area contributed by atoms with Crippen molar-refractivity contribution in [3.8, 4) is 22.8 Å². The summed E-state index contributed by atoms with van der Waals surface area (Å²) in [4.78, 5) is 64.9. The summed E-state index contributed by atoms with van der Waals surface area (Å²) in [5.41, 5.74) is 0.794. The molecule has 4 aliphatic rings. The normalized spacial score (nSPS) is 23.6. The quantitative estimate of drug-likeness (QED) is 0.162. The molecular weight excluding hydrogens is 759 g/mol. The zero-order valence-electron chi connectivity index (χ0n) is 33.9. The lowest BCUT2D eigenvalue weighted by atomic mass is 9.94. The molecule has 2 aliphatic heterocycles. The lowest BCUT2D eigenvalue weighted by molar-refractivity contribution is -0.145. The second-order valence-electron chi connectivity index (χ2n) is 16.7. The van der Waals surface area contributed by atoms with Gasteiger partial charge in [0, 0.05) is 54.9 Å². The molecule has 3 aromatic rings. The molecule has 0 spiro atoms. The minimum atomic E-state index is -3.85. The highest BCUT2D eigenvalue weighted by molar-refractivity contribution is 7.91. The molecule has 2 aliphatic carbocycles. The predicted octanol–water partition coefficient (Wildman–Crippen LogP) is 5.75. The summed E-state index contributed by atoms with van der Waals surface area (Å²) in [6.07, 6.45) is 7.99. The highest BCUT2D eigenvalue weighted by Crippen LogP contribution is 2.44. The molecule has 3 heterocycles. The molecule has 2 saturated carbocycles. The average molecular weight is 816 g/mol. The Balaban J connectivity index is 1.19. The molecule has 1 aromatic heterocycles. The molecule has 13 nitrogen and oxygen atoms in total. The first-order chi connectivity index (χ1) is 27.9. The first-order valence-corrected chi connectivity index (χ1v) is 22.6. The van der Waals surface area contributed by atoms with Gasteiger partial charge in [-0.05, 0) is 63.0 Å². The first-order valence-electron chi connectivity index (χ1n) is 21.1. The van der Waals surface area contributed by atoms with Gasteiger partial charge < -0.3 is 24.6 Å². The van der Waals surface area contributed by atoms with Gasteiger partial charge in [0.15, 0.2) is 0 Å². The number of hydrogen-bond donors (Lipinski definition) is 2. The van der Waals surface area contributed by atoms with Crippen molar-refractivity contribution in [2.45, 2.75) is 120 Å². The largest absolute Gasteiger partial charge is 0.497 e.